The Morgan fingerprint density at radius 1 is 1.00 bits per heavy atom. The highest BCUT2D eigenvalue weighted by Crippen LogP contribution is 2.13. The highest BCUT2D eigenvalue weighted by atomic mass is 32.2. The molecule has 0 saturated carbocycles. The largest absolute Gasteiger partial charge is 0.497 e. The van der Waals surface area contributed by atoms with Crippen LogP contribution in [0.1, 0.15) is 19.4 Å². The highest BCUT2D eigenvalue weighted by Gasteiger charge is 2.30. The fraction of sp³-hybridized carbons (Fsp3) is 0.333. The first-order valence-electron chi connectivity index (χ1n) is 9.36. The van der Waals surface area contributed by atoms with E-state index in [2.05, 4.69) is 10.0 Å². The normalized spacial score (nSPS) is 12.3. The molecule has 1 atom stereocenters. The minimum absolute atomic E-state index is 0.0423. The number of benzene rings is 2. The number of nitrogens with one attached hydrogen (secondary N) is 2. The SMILES string of the molecule is COc1ccc(CNC(=O)COC(=O)[C@H](NS(=O)(=O)c2ccccc2)C(C)C)cc1. The van der Waals surface area contributed by atoms with Crippen LogP contribution in [0.15, 0.2) is 59.5 Å². The van der Waals surface area contributed by atoms with Crippen molar-refractivity contribution < 1.29 is 27.5 Å². The van der Waals surface area contributed by atoms with Crippen molar-refractivity contribution in [1.29, 1.82) is 0 Å². The Hall–Kier alpha value is -2.91. The van der Waals surface area contributed by atoms with E-state index in [4.69, 9.17) is 9.47 Å². The van der Waals surface area contributed by atoms with E-state index in [9.17, 15) is 18.0 Å². The van der Waals surface area contributed by atoms with Crippen LogP contribution in [-0.4, -0.2) is 40.1 Å². The Labute approximate surface area is 176 Å². The van der Waals surface area contributed by atoms with Gasteiger partial charge in [0.2, 0.25) is 10.0 Å². The quantitative estimate of drug-likeness (QED) is 0.552. The number of hydrogen-bond acceptors (Lipinski definition) is 6. The Morgan fingerprint density at radius 3 is 2.20 bits per heavy atom. The topological polar surface area (TPSA) is 111 Å². The van der Waals surface area contributed by atoms with Crippen LogP contribution in [0.5, 0.6) is 5.75 Å². The molecule has 0 saturated heterocycles. The molecular weight excluding hydrogens is 408 g/mol. The second-order valence-electron chi connectivity index (χ2n) is 6.89. The molecule has 0 aliphatic heterocycles. The number of esters is 1. The molecule has 8 nitrogen and oxygen atoms in total. The molecule has 0 aliphatic rings. The summed E-state index contributed by atoms with van der Waals surface area (Å²) in [5.74, 6) is -0.980. The van der Waals surface area contributed by atoms with Crippen LogP contribution in [0.25, 0.3) is 0 Å². The smallest absolute Gasteiger partial charge is 0.324 e. The van der Waals surface area contributed by atoms with Gasteiger partial charge in [0.05, 0.1) is 12.0 Å². The predicted octanol–water partition coefficient (Wildman–Crippen LogP) is 1.86. The van der Waals surface area contributed by atoms with Crippen molar-refractivity contribution in [2.75, 3.05) is 13.7 Å². The molecule has 2 rings (SSSR count). The summed E-state index contributed by atoms with van der Waals surface area (Å²) in [6.07, 6.45) is 0. The van der Waals surface area contributed by atoms with Crippen LogP contribution < -0.4 is 14.8 Å². The maximum Gasteiger partial charge on any atom is 0.324 e. The molecule has 0 spiro atoms. The highest BCUT2D eigenvalue weighted by molar-refractivity contribution is 7.89. The van der Waals surface area contributed by atoms with Crippen molar-refractivity contribution in [2.24, 2.45) is 5.92 Å². The summed E-state index contributed by atoms with van der Waals surface area (Å²) in [6.45, 7) is 3.12. The monoisotopic (exact) mass is 434 g/mol. The zero-order valence-electron chi connectivity index (χ0n) is 17.1. The molecule has 0 radical (unpaired) electrons. The van der Waals surface area contributed by atoms with Crippen LogP contribution in [-0.2, 0) is 30.9 Å². The van der Waals surface area contributed by atoms with E-state index in [-0.39, 0.29) is 17.4 Å². The van der Waals surface area contributed by atoms with Crippen LogP contribution in [0.2, 0.25) is 0 Å². The van der Waals surface area contributed by atoms with Gasteiger partial charge < -0.3 is 14.8 Å². The Bertz CT molecular complexity index is 943. The van der Waals surface area contributed by atoms with Crippen LogP contribution >= 0.6 is 0 Å². The molecule has 30 heavy (non-hydrogen) atoms. The molecule has 0 aromatic heterocycles. The third-order valence-corrected chi connectivity index (χ3v) is 5.71. The van der Waals surface area contributed by atoms with Gasteiger partial charge in [0.15, 0.2) is 6.61 Å². The lowest BCUT2D eigenvalue weighted by Crippen LogP contribution is -2.46. The van der Waals surface area contributed by atoms with E-state index in [0.717, 1.165) is 5.56 Å². The average Bonchev–Trinajstić information content (AvgIpc) is 2.75. The maximum absolute atomic E-state index is 12.5. The van der Waals surface area contributed by atoms with Crippen molar-refractivity contribution in [3.8, 4) is 5.75 Å². The van der Waals surface area contributed by atoms with Crippen molar-refractivity contribution in [1.82, 2.24) is 10.0 Å². The van der Waals surface area contributed by atoms with E-state index in [1.807, 2.05) is 0 Å². The maximum atomic E-state index is 12.5. The summed E-state index contributed by atoms with van der Waals surface area (Å²) in [4.78, 5) is 24.4. The Kier molecular flexibility index (Phi) is 8.37. The first-order valence-corrected chi connectivity index (χ1v) is 10.8. The van der Waals surface area contributed by atoms with Gasteiger partial charge in [0, 0.05) is 6.54 Å². The van der Waals surface area contributed by atoms with Gasteiger partial charge in [-0.25, -0.2) is 8.42 Å². The van der Waals surface area contributed by atoms with E-state index < -0.39 is 34.5 Å². The van der Waals surface area contributed by atoms with Gasteiger partial charge in [-0.15, -0.1) is 0 Å². The fourth-order valence-electron chi connectivity index (χ4n) is 2.51. The minimum Gasteiger partial charge on any atom is -0.497 e. The Morgan fingerprint density at radius 2 is 1.63 bits per heavy atom. The zero-order chi connectivity index (χ0) is 22.1. The lowest BCUT2D eigenvalue weighted by Gasteiger charge is -2.20. The van der Waals surface area contributed by atoms with Crippen LogP contribution in [0.4, 0.5) is 0 Å². The van der Waals surface area contributed by atoms with Crippen molar-refractivity contribution >= 4 is 21.9 Å². The number of methoxy groups -OCH3 is 1. The fourth-order valence-corrected chi connectivity index (χ4v) is 3.87. The summed E-state index contributed by atoms with van der Waals surface area (Å²) >= 11 is 0. The molecule has 0 bridgehead atoms. The third-order valence-electron chi connectivity index (χ3n) is 4.25. The zero-order valence-corrected chi connectivity index (χ0v) is 17.9. The van der Waals surface area contributed by atoms with E-state index in [1.54, 1.807) is 63.4 Å². The lowest BCUT2D eigenvalue weighted by molar-refractivity contribution is -0.151. The molecular formula is C21H26N2O6S. The van der Waals surface area contributed by atoms with Gasteiger partial charge >= 0.3 is 5.97 Å². The molecule has 2 N–H and O–H groups in total. The molecule has 0 aliphatic carbocycles. The molecule has 162 valence electrons. The molecule has 2 aromatic rings. The first-order chi connectivity index (χ1) is 14.2. The molecule has 9 heteroatoms. The van der Waals surface area contributed by atoms with Crippen molar-refractivity contribution in [2.45, 2.75) is 31.3 Å². The second kappa shape index (κ2) is 10.7. The van der Waals surface area contributed by atoms with Gasteiger partial charge in [-0.2, -0.15) is 4.72 Å². The summed E-state index contributed by atoms with van der Waals surface area (Å²) in [6, 6.07) is 13.8. The van der Waals surface area contributed by atoms with E-state index >= 15 is 0 Å². The van der Waals surface area contributed by atoms with Crippen LogP contribution in [0.3, 0.4) is 0 Å². The predicted molar refractivity (Wildman–Crippen MR) is 111 cm³/mol. The van der Waals surface area contributed by atoms with Gasteiger partial charge in [0.25, 0.3) is 5.91 Å². The molecule has 0 unspecified atom stereocenters. The minimum atomic E-state index is -3.90. The lowest BCUT2D eigenvalue weighted by atomic mass is 10.1. The summed E-state index contributed by atoms with van der Waals surface area (Å²) in [7, 11) is -2.34. The average molecular weight is 435 g/mol. The molecule has 1 amide bonds. The standard InChI is InChI=1S/C21H26N2O6S/c1-15(2)20(23-30(26,27)18-7-5-4-6-8-18)21(25)29-14-19(24)22-13-16-9-11-17(28-3)12-10-16/h4-12,15,20,23H,13-14H2,1-3H3,(H,22,24)/t20-/m1/s1. The van der Waals surface area contributed by atoms with Gasteiger partial charge in [0.1, 0.15) is 11.8 Å². The van der Waals surface area contributed by atoms with E-state index in [0.29, 0.717) is 5.75 Å². The number of amides is 1. The number of hydrogen-bond donors (Lipinski definition) is 2. The second-order valence-corrected chi connectivity index (χ2v) is 8.60. The van der Waals surface area contributed by atoms with E-state index in [1.165, 1.54) is 12.1 Å². The third kappa shape index (κ3) is 6.85. The van der Waals surface area contributed by atoms with Gasteiger partial charge in [-0.05, 0) is 35.7 Å². The first kappa shape index (κ1) is 23.4. The van der Waals surface area contributed by atoms with Crippen molar-refractivity contribution in [3.05, 3.63) is 60.2 Å². The summed E-state index contributed by atoms with van der Waals surface area (Å²) < 4.78 is 37.4. The number of carbonyl (C=O) groups is 2. The molecule has 0 heterocycles. The number of carbonyl (C=O) groups excluding carboxylic acids is 2. The van der Waals surface area contributed by atoms with Crippen LogP contribution in [0, 0.1) is 5.92 Å². The summed E-state index contributed by atoms with van der Waals surface area (Å²) in [5.41, 5.74) is 0.853. The van der Waals surface area contributed by atoms with Crippen molar-refractivity contribution in [3.63, 3.8) is 0 Å². The number of rotatable bonds is 10. The number of sulfonamides is 1. The summed E-state index contributed by atoms with van der Waals surface area (Å²) in [5, 5.41) is 2.64. The molecule has 0 fully saturated rings. The molecule has 2 aromatic carbocycles. The Balaban J connectivity index is 1.89. The number of ether oxygens (including phenoxy) is 2. The van der Waals surface area contributed by atoms with Gasteiger partial charge in [-0.1, -0.05) is 44.2 Å². The van der Waals surface area contributed by atoms with Gasteiger partial charge in [-0.3, -0.25) is 9.59 Å².